The second-order valence-corrected chi connectivity index (χ2v) is 7.33. The van der Waals surface area contributed by atoms with Crippen LogP contribution in [-0.4, -0.2) is 40.0 Å². The summed E-state index contributed by atoms with van der Waals surface area (Å²) in [5.41, 5.74) is 3.82. The van der Waals surface area contributed by atoms with Gasteiger partial charge in [0, 0.05) is 44.0 Å². The maximum absolute atomic E-state index is 4.68. The summed E-state index contributed by atoms with van der Waals surface area (Å²) in [5.74, 6) is 0. The Morgan fingerprint density at radius 1 is 1.09 bits per heavy atom. The van der Waals surface area contributed by atoms with Crippen LogP contribution in [0.4, 0.5) is 0 Å². The minimum atomic E-state index is 0.723. The number of hydrogen-bond donors (Lipinski definition) is 0. The Bertz CT molecular complexity index is 625. The van der Waals surface area contributed by atoms with Crippen molar-refractivity contribution in [3.63, 3.8) is 0 Å². The summed E-state index contributed by atoms with van der Waals surface area (Å²) in [6.07, 6.45) is 2.61. The fraction of sp³-hybridized carbons (Fsp3) is 0.500. The van der Waals surface area contributed by atoms with Gasteiger partial charge in [0.25, 0.3) is 0 Å². The fourth-order valence-corrected chi connectivity index (χ4v) is 4.73. The maximum atomic E-state index is 4.68. The SMILES string of the molecule is Cc1cccc(CN2CC[C@@H]3[C@@H]2CCN3Cc2ccsc2)n1. The van der Waals surface area contributed by atoms with E-state index in [2.05, 4.69) is 56.7 Å². The van der Waals surface area contributed by atoms with E-state index >= 15 is 0 Å². The van der Waals surface area contributed by atoms with Gasteiger partial charge < -0.3 is 0 Å². The normalized spacial score (nSPS) is 25.7. The number of nitrogens with zero attached hydrogens (tertiary/aromatic N) is 3. The molecule has 0 spiro atoms. The van der Waals surface area contributed by atoms with Crippen LogP contribution in [0.3, 0.4) is 0 Å². The predicted molar refractivity (Wildman–Crippen MR) is 90.9 cm³/mol. The number of likely N-dealkylation sites (tertiary alicyclic amines) is 2. The first-order chi connectivity index (χ1) is 10.8. The highest BCUT2D eigenvalue weighted by molar-refractivity contribution is 7.07. The van der Waals surface area contributed by atoms with Crippen molar-refractivity contribution in [2.24, 2.45) is 0 Å². The Kier molecular flexibility index (Phi) is 3.99. The summed E-state index contributed by atoms with van der Waals surface area (Å²) >= 11 is 1.81. The topological polar surface area (TPSA) is 19.4 Å². The van der Waals surface area contributed by atoms with Gasteiger partial charge in [-0.3, -0.25) is 14.8 Å². The van der Waals surface area contributed by atoms with E-state index in [9.17, 15) is 0 Å². The van der Waals surface area contributed by atoms with Gasteiger partial charge in [0.15, 0.2) is 0 Å². The van der Waals surface area contributed by atoms with Gasteiger partial charge in [0.2, 0.25) is 0 Å². The number of rotatable bonds is 4. The minimum Gasteiger partial charge on any atom is -0.294 e. The van der Waals surface area contributed by atoms with E-state index in [-0.39, 0.29) is 0 Å². The first-order valence-corrected chi connectivity index (χ1v) is 9.15. The van der Waals surface area contributed by atoms with Crippen molar-refractivity contribution in [1.29, 1.82) is 0 Å². The predicted octanol–water partition coefficient (Wildman–Crippen LogP) is 3.30. The first kappa shape index (κ1) is 14.4. The number of hydrogen-bond acceptors (Lipinski definition) is 4. The highest BCUT2D eigenvalue weighted by Gasteiger charge is 2.42. The van der Waals surface area contributed by atoms with Gasteiger partial charge in [0.05, 0.1) is 5.69 Å². The van der Waals surface area contributed by atoms with E-state index in [1.165, 1.54) is 37.2 Å². The summed E-state index contributed by atoms with van der Waals surface area (Å²) in [6.45, 7) is 6.67. The van der Waals surface area contributed by atoms with E-state index in [1.54, 1.807) is 11.3 Å². The lowest BCUT2D eigenvalue weighted by Crippen LogP contribution is -2.36. The summed E-state index contributed by atoms with van der Waals surface area (Å²) in [5, 5.41) is 4.48. The quantitative estimate of drug-likeness (QED) is 0.863. The van der Waals surface area contributed by atoms with E-state index in [0.717, 1.165) is 30.9 Å². The van der Waals surface area contributed by atoms with E-state index in [0.29, 0.717) is 0 Å². The molecule has 2 aromatic rings. The van der Waals surface area contributed by atoms with Gasteiger partial charge in [-0.2, -0.15) is 11.3 Å². The lowest BCUT2D eigenvalue weighted by molar-refractivity contribution is 0.211. The molecule has 0 bridgehead atoms. The molecule has 116 valence electrons. The zero-order chi connectivity index (χ0) is 14.9. The lowest BCUT2D eigenvalue weighted by atomic mass is 10.1. The Morgan fingerprint density at radius 3 is 2.55 bits per heavy atom. The summed E-state index contributed by atoms with van der Waals surface area (Å²) in [4.78, 5) is 10.0. The van der Waals surface area contributed by atoms with Crippen molar-refractivity contribution in [3.8, 4) is 0 Å². The molecule has 0 saturated carbocycles. The Hall–Kier alpha value is -1.23. The molecule has 2 aliphatic rings. The van der Waals surface area contributed by atoms with Crippen LogP contribution >= 0.6 is 11.3 Å². The third-order valence-electron chi connectivity index (χ3n) is 5.08. The Labute approximate surface area is 136 Å². The van der Waals surface area contributed by atoms with Crippen LogP contribution in [0.25, 0.3) is 0 Å². The van der Waals surface area contributed by atoms with Gasteiger partial charge in [0.1, 0.15) is 0 Å². The van der Waals surface area contributed by atoms with Crippen LogP contribution in [-0.2, 0) is 13.1 Å². The van der Waals surface area contributed by atoms with Crippen LogP contribution in [0.1, 0.15) is 29.8 Å². The van der Waals surface area contributed by atoms with Crippen LogP contribution in [0.15, 0.2) is 35.0 Å². The van der Waals surface area contributed by atoms with Crippen molar-refractivity contribution in [2.75, 3.05) is 13.1 Å². The molecule has 0 N–H and O–H groups in total. The van der Waals surface area contributed by atoms with Gasteiger partial charge in [-0.25, -0.2) is 0 Å². The van der Waals surface area contributed by atoms with Crippen molar-refractivity contribution < 1.29 is 0 Å². The molecule has 4 heteroatoms. The molecule has 0 amide bonds. The third kappa shape index (κ3) is 2.83. The molecule has 0 aromatic carbocycles. The zero-order valence-corrected chi connectivity index (χ0v) is 13.9. The molecule has 22 heavy (non-hydrogen) atoms. The molecule has 0 aliphatic carbocycles. The van der Waals surface area contributed by atoms with Crippen LogP contribution in [0.5, 0.6) is 0 Å². The number of aromatic nitrogens is 1. The number of thiophene rings is 1. The molecule has 2 aliphatic heterocycles. The van der Waals surface area contributed by atoms with Crippen molar-refractivity contribution in [2.45, 2.75) is 44.9 Å². The second kappa shape index (κ2) is 6.11. The fourth-order valence-electron chi connectivity index (χ4n) is 4.07. The molecule has 2 atom stereocenters. The van der Waals surface area contributed by atoms with E-state index in [1.807, 2.05) is 0 Å². The first-order valence-electron chi connectivity index (χ1n) is 8.21. The largest absolute Gasteiger partial charge is 0.294 e. The lowest BCUT2D eigenvalue weighted by Gasteiger charge is -2.25. The number of aryl methyl sites for hydroxylation is 1. The molecule has 2 aromatic heterocycles. The van der Waals surface area contributed by atoms with Crippen molar-refractivity contribution in [3.05, 3.63) is 52.0 Å². The van der Waals surface area contributed by atoms with Crippen molar-refractivity contribution >= 4 is 11.3 Å². The molecule has 2 fully saturated rings. The van der Waals surface area contributed by atoms with Gasteiger partial charge in [-0.1, -0.05) is 6.07 Å². The standard InChI is InChI=1S/C18H23N3S/c1-14-3-2-4-16(19-14)12-21-9-6-17-18(21)5-8-20(17)11-15-7-10-22-13-15/h2-4,7,10,13,17-18H,5-6,8-9,11-12H2,1H3/t17-,18+/m1/s1. The van der Waals surface area contributed by atoms with Gasteiger partial charge in [-0.15, -0.1) is 0 Å². The molecular weight excluding hydrogens is 290 g/mol. The van der Waals surface area contributed by atoms with E-state index < -0.39 is 0 Å². The Morgan fingerprint density at radius 2 is 1.86 bits per heavy atom. The number of fused-ring (bicyclic) bond motifs is 1. The summed E-state index contributed by atoms with van der Waals surface area (Å²) < 4.78 is 0. The van der Waals surface area contributed by atoms with Crippen molar-refractivity contribution in [1.82, 2.24) is 14.8 Å². The highest BCUT2D eigenvalue weighted by atomic mass is 32.1. The summed E-state index contributed by atoms with van der Waals surface area (Å²) in [6, 6.07) is 10.1. The minimum absolute atomic E-state index is 0.723. The Balaban J connectivity index is 1.42. The molecule has 4 heterocycles. The molecule has 4 rings (SSSR count). The van der Waals surface area contributed by atoms with Crippen LogP contribution < -0.4 is 0 Å². The molecule has 3 nitrogen and oxygen atoms in total. The second-order valence-electron chi connectivity index (χ2n) is 6.55. The average molecular weight is 313 g/mol. The van der Waals surface area contributed by atoms with Gasteiger partial charge in [-0.05, 0) is 54.3 Å². The monoisotopic (exact) mass is 313 g/mol. The smallest absolute Gasteiger partial charge is 0.0547 e. The maximum Gasteiger partial charge on any atom is 0.0547 e. The highest BCUT2D eigenvalue weighted by Crippen LogP contribution is 2.33. The number of pyridine rings is 1. The van der Waals surface area contributed by atoms with E-state index in [4.69, 9.17) is 0 Å². The molecule has 2 saturated heterocycles. The molecule has 0 radical (unpaired) electrons. The molecule has 0 unspecified atom stereocenters. The zero-order valence-electron chi connectivity index (χ0n) is 13.1. The van der Waals surface area contributed by atoms with Crippen LogP contribution in [0.2, 0.25) is 0 Å². The van der Waals surface area contributed by atoms with Crippen LogP contribution in [0, 0.1) is 6.92 Å². The molecular formula is C18H23N3S. The summed E-state index contributed by atoms with van der Waals surface area (Å²) in [7, 11) is 0. The van der Waals surface area contributed by atoms with Gasteiger partial charge >= 0.3 is 0 Å². The third-order valence-corrected chi connectivity index (χ3v) is 5.82. The average Bonchev–Trinajstić information content (AvgIpc) is 3.20.